The number of benzene rings is 1. The largest absolute Gasteiger partial charge is 0.495 e. The van der Waals surface area contributed by atoms with Gasteiger partial charge in [-0.3, -0.25) is 0 Å². The highest BCUT2D eigenvalue weighted by Crippen LogP contribution is 2.40. The first-order valence-electron chi connectivity index (χ1n) is 5.58. The van der Waals surface area contributed by atoms with E-state index in [0.717, 1.165) is 5.56 Å². The summed E-state index contributed by atoms with van der Waals surface area (Å²) in [6.45, 7) is 1.95. The number of fused-ring (bicyclic) bond motifs is 1. The van der Waals surface area contributed by atoms with Gasteiger partial charge in [-0.2, -0.15) is 0 Å². The summed E-state index contributed by atoms with van der Waals surface area (Å²) in [5.74, 6) is 0.658. The van der Waals surface area contributed by atoms with Crippen LogP contribution in [-0.4, -0.2) is 28.3 Å². The first kappa shape index (κ1) is 12.4. The molecule has 5 heteroatoms. The molecule has 0 spiro atoms. The minimum atomic E-state index is -3.24. The lowest BCUT2D eigenvalue weighted by molar-refractivity contribution is 0.382. The van der Waals surface area contributed by atoms with Gasteiger partial charge in [-0.15, -0.1) is 0 Å². The lowest BCUT2D eigenvalue weighted by Gasteiger charge is -2.31. The molecular weight excluding hydrogens is 238 g/mol. The summed E-state index contributed by atoms with van der Waals surface area (Å²) < 4.78 is 29.6. The second-order valence-electron chi connectivity index (χ2n) is 4.40. The van der Waals surface area contributed by atoms with Crippen LogP contribution in [0, 0.1) is 5.92 Å². The summed E-state index contributed by atoms with van der Waals surface area (Å²) in [5.41, 5.74) is 0.811. The standard InChI is InChI=1S/C12H17NO3S/c1-8-7-17(14,15)12-9(11(8)13-2)5-4-6-10(12)16-3/h4-6,8,11,13H,7H2,1-3H3. The van der Waals surface area contributed by atoms with Crippen molar-refractivity contribution in [2.24, 2.45) is 5.92 Å². The molecular formula is C12H17NO3S. The van der Waals surface area contributed by atoms with Crippen molar-refractivity contribution in [3.63, 3.8) is 0 Å². The molecule has 0 radical (unpaired) electrons. The summed E-state index contributed by atoms with van der Waals surface area (Å²) in [7, 11) is 0.105. The third-order valence-electron chi connectivity index (χ3n) is 3.24. The van der Waals surface area contributed by atoms with Gasteiger partial charge in [0.25, 0.3) is 0 Å². The monoisotopic (exact) mass is 255 g/mol. The Bertz CT molecular complexity index is 525. The molecule has 0 amide bonds. The van der Waals surface area contributed by atoms with Crippen LogP contribution in [0.3, 0.4) is 0 Å². The van der Waals surface area contributed by atoms with E-state index in [4.69, 9.17) is 4.74 Å². The minimum absolute atomic E-state index is 0.0589. The zero-order chi connectivity index (χ0) is 12.6. The van der Waals surface area contributed by atoms with Gasteiger partial charge in [-0.25, -0.2) is 8.42 Å². The van der Waals surface area contributed by atoms with E-state index in [1.807, 2.05) is 26.1 Å². The van der Waals surface area contributed by atoms with E-state index in [1.54, 1.807) is 6.07 Å². The maximum atomic E-state index is 12.2. The maximum absolute atomic E-state index is 12.2. The van der Waals surface area contributed by atoms with Crippen molar-refractivity contribution < 1.29 is 13.2 Å². The minimum Gasteiger partial charge on any atom is -0.495 e. The first-order chi connectivity index (χ1) is 8.01. The Balaban J connectivity index is 2.71. The highest BCUT2D eigenvalue weighted by molar-refractivity contribution is 7.91. The number of sulfone groups is 1. The second kappa shape index (κ2) is 4.31. The molecule has 1 aliphatic rings. The average Bonchev–Trinajstić information content (AvgIpc) is 2.27. The van der Waals surface area contributed by atoms with Crippen LogP contribution in [0.1, 0.15) is 18.5 Å². The molecule has 2 atom stereocenters. The summed E-state index contributed by atoms with van der Waals surface area (Å²) >= 11 is 0. The Hall–Kier alpha value is -1.07. The van der Waals surface area contributed by atoms with E-state index < -0.39 is 9.84 Å². The fourth-order valence-corrected chi connectivity index (χ4v) is 4.61. The molecule has 0 bridgehead atoms. The van der Waals surface area contributed by atoms with Crippen LogP contribution in [0.2, 0.25) is 0 Å². The zero-order valence-corrected chi connectivity index (χ0v) is 11.0. The third-order valence-corrected chi connectivity index (χ3v) is 5.26. The van der Waals surface area contributed by atoms with Crippen LogP contribution in [0.4, 0.5) is 0 Å². The van der Waals surface area contributed by atoms with Gasteiger partial charge in [0.15, 0.2) is 9.84 Å². The van der Waals surface area contributed by atoms with E-state index in [2.05, 4.69) is 5.32 Å². The Morgan fingerprint density at radius 3 is 2.71 bits per heavy atom. The van der Waals surface area contributed by atoms with Crippen LogP contribution in [0.15, 0.2) is 23.1 Å². The molecule has 94 valence electrons. The van der Waals surface area contributed by atoms with Crippen LogP contribution in [0.5, 0.6) is 5.75 Å². The topological polar surface area (TPSA) is 55.4 Å². The number of ether oxygens (including phenoxy) is 1. The van der Waals surface area contributed by atoms with Crippen molar-refractivity contribution in [2.75, 3.05) is 19.9 Å². The fraction of sp³-hybridized carbons (Fsp3) is 0.500. The molecule has 1 aromatic carbocycles. The van der Waals surface area contributed by atoms with Crippen molar-refractivity contribution in [3.8, 4) is 5.75 Å². The van der Waals surface area contributed by atoms with E-state index >= 15 is 0 Å². The Morgan fingerprint density at radius 2 is 2.12 bits per heavy atom. The molecule has 0 aromatic heterocycles. The fourth-order valence-electron chi connectivity index (χ4n) is 2.54. The van der Waals surface area contributed by atoms with Gasteiger partial charge >= 0.3 is 0 Å². The predicted octanol–water partition coefficient (Wildman–Crippen LogP) is 1.38. The average molecular weight is 255 g/mol. The predicted molar refractivity (Wildman–Crippen MR) is 66.0 cm³/mol. The second-order valence-corrected chi connectivity index (χ2v) is 6.37. The molecule has 0 fully saturated rings. The van der Waals surface area contributed by atoms with E-state index in [9.17, 15) is 8.42 Å². The summed E-state index contributed by atoms with van der Waals surface area (Å²) in [6.07, 6.45) is 0. The SMILES string of the molecule is CNC1c2cccc(OC)c2S(=O)(=O)CC1C. The Kier molecular flexibility index (Phi) is 3.14. The van der Waals surface area contributed by atoms with Crippen molar-refractivity contribution in [2.45, 2.75) is 17.9 Å². The molecule has 1 aromatic rings. The summed E-state index contributed by atoms with van der Waals surface area (Å²) in [6, 6.07) is 5.43. The van der Waals surface area contributed by atoms with Crippen LogP contribution >= 0.6 is 0 Å². The van der Waals surface area contributed by atoms with Crippen molar-refractivity contribution in [3.05, 3.63) is 23.8 Å². The van der Waals surface area contributed by atoms with Gasteiger partial charge < -0.3 is 10.1 Å². The van der Waals surface area contributed by atoms with Gasteiger partial charge in [-0.1, -0.05) is 19.1 Å². The molecule has 2 unspecified atom stereocenters. The molecule has 1 N–H and O–H groups in total. The molecule has 4 nitrogen and oxygen atoms in total. The van der Waals surface area contributed by atoms with Gasteiger partial charge in [0.05, 0.1) is 12.9 Å². The van der Waals surface area contributed by atoms with Crippen LogP contribution in [0.25, 0.3) is 0 Å². The third kappa shape index (κ3) is 1.93. The number of hydrogen-bond donors (Lipinski definition) is 1. The van der Waals surface area contributed by atoms with Crippen LogP contribution < -0.4 is 10.1 Å². The molecule has 17 heavy (non-hydrogen) atoms. The van der Waals surface area contributed by atoms with Crippen molar-refractivity contribution in [1.29, 1.82) is 0 Å². The summed E-state index contributed by atoms with van der Waals surface area (Å²) in [4.78, 5) is 0.347. The normalized spacial score (nSPS) is 26.3. The maximum Gasteiger partial charge on any atom is 0.182 e. The smallest absolute Gasteiger partial charge is 0.182 e. The van der Waals surface area contributed by atoms with Crippen molar-refractivity contribution >= 4 is 9.84 Å². The van der Waals surface area contributed by atoms with E-state index in [-0.39, 0.29) is 17.7 Å². The zero-order valence-electron chi connectivity index (χ0n) is 10.2. The lowest BCUT2D eigenvalue weighted by atomic mass is 9.95. The molecule has 0 saturated carbocycles. The van der Waals surface area contributed by atoms with Gasteiger partial charge in [-0.05, 0) is 24.6 Å². The molecule has 1 aliphatic heterocycles. The number of rotatable bonds is 2. The van der Waals surface area contributed by atoms with E-state index in [1.165, 1.54) is 7.11 Å². The molecule has 0 aliphatic carbocycles. The highest BCUT2D eigenvalue weighted by atomic mass is 32.2. The van der Waals surface area contributed by atoms with Gasteiger partial charge in [0.1, 0.15) is 10.6 Å². The summed E-state index contributed by atoms with van der Waals surface area (Å²) in [5, 5.41) is 3.18. The number of nitrogens with one attached hydrogen (secondary N) is 1. The lowest BCUT2D eigenvalue weighted by Crippen LogP contribution is -2.34. The van der Waals surface area contributed by atoms with Crippen molar-refractivity contribution in [1.82, 2.24) is 5.32 Å². The van der Waals surface area contributed by atoms with E-state index in [0.29, 0.717) is 10.6 Å². The molecule has 2 rings (SSSR count). The molecule has 0 saturated heterocycles. The Morgan fingerprint density at radius 1 is 1.41 bits per heavy atom. The quantitative estimate of drug-likeness (QED) is 0.867. The van der Waals surface area contributed by atoms with Crippen LogP contribution in [-0.2, 0) is 9.84 Å². The first-order valence-corrected chi connectivity index (χ1v) is 7.23. The number of methoxy groups -OCH3 is 1. The Labute approximate surface area is 102 Å². The van der Waals surface area contributed by atoms with Gasteiger partial charge in [0, 0.05) is 6.04 Å². The highest BCUT2D eigenvalue weighted by Gasteiger charge is 2.36. The molecule has 1 heterocycles. The number of hydrogen-bond acceptors (Lipinski definition) is 4. The van der Waals surface area contributed by atoms with Gasteiger partial charge in [0.2, 0.25) is 0 Å².